The van der Waals surface area contributed by atoms with Gasteiger partial charge in [0.05, 0.1) is 17.7 Å². The molecule has 0 unspecified atom stereocenters. The molecule has 90 valence electrons. The van der Waals surface area contributed by atoms with Crippen molar-refractivity contribution >= 4 is 0 Å². The van der Waals surface area contributed by atoms with Crippen LogP contribution in [0.15, 0.2) is 24.3 Å². The average molecular weight is 236 g/mol. The van der Waals surface area contributed by atoms with Crippen molar-refractivity contribution in [2.24, 2.45) is 0 Å². The second kappa shape index (κ2) is 4.21. The number of hydrogen-bond donors (Lipinski definition) is 1. The predicted molar refractivity (Wildman–Crippen MR) is 59.5 cm³/mol. The van der Waals surface area contributed by atoms with Crippen LogP contribution in [-0.4, -0.2) is 30.9 Å². The zero-order valence-electron chi connectivity index (χ0n) is 9.63. The van der Waals surface area contributed by atoms with E-state index in [9.17, 15) is 9.50 Å². The first-order chi connectivity index (χ1) is 7.97. The van der Waals surface area contributed by atoms with Crippen LogP contribution in [0.1, 0.15) is 13.8 Å². The molecule has 0 radical (unpaired) electrons. The predicted octanol–water partition coefficient (Wildman–Crippen LogP) is 1.25. The average Bonchev–Trinajstić information content (AvgIpc) is 2.64. The first kappa shape index (κ1) is 11.7. The van der Waals surface area contributed by atoms with Crippen LogP contribution < -0.4 is 0 Å². The van der Waals surface area contributed by atoms with Crippen molar-refractivity contribution in [2.45, 2.75) is 26.0 Å². The fourth-order valence-corrected chi connectivity index (χ4v) is 1.51. The van der Waals surface area contributed by atoms with Crippen molar-refractivity contribution in [3.63, 3.8) is 0 Å². The Balaban J connectivity index is 2.41. The maximum absolute atomic E-state index is 13.6. The second-order valence-corrected chi connectivity index (χ2v) is 4.45. The van der Waals surface area contributed by atoms with E-state index >= 15 is 0 Å². The molecule has 2 rings (SSSR count). The van der Waals surface area contributed by atoms with Crippen LogP contribution in [0.3, 0.4) is 0 Å². The van der Waals surface area contributed by atoms with Crippen LogP contribution in [0, 0.1) is 5.82 Å². The topological polar surface area (TPSA) is 63.8 Å². The van der Waals surface area contributed by atoms with Crippen LogP contribution in [0.5, 0.6) is 0 Å². The van der Waals surface area contributed by atoms with Crippen molar-refractivity contribution in [3.05, 3.63) is 30.1 Å². The maximum atomic E-state index is 13.6. The Bertz CT molecular complexity index is 518. The highest BCUT2D eigenvalue weighted by atomic mass is 19.1. The molecule has 0 aliphatic rings. The molecule has 0 spiro atoms. The maximum Gasteiger partial charge on any atom is 0.185 e. The summed E-state index contributed by atoms with van der Waals surface area (Å²) >= 11 is 0. The minimum atomic E-state index is -0.963. The highest BCUT2D eigenvalue weighted by molar-refractivity contribution is 5.55. The molecule has 6 heteroatoms. The van der Waals surface area contributed by atoms with E-state index in [4.69, 9.17) is 0 Å². The van der Waals surface area contributed by atoms with Crippen molar-refractivity contribution in [1.82, 2.24) is 20.2 Å². The Morgan fingerprint density at radius 1 is 1.35 bits per heavy atom. The quantitative estimate of drug-likeness (QED) is 0.871. The van der Waals surface area contributed by atoms with Crippen molar-refractivity contribution in [1.29, 1.82) is 0 Å². The van der Waals surface area contributed by atoms with Gasteiger partial charge < -0.3 is 5.11 Å². The van der Waals surface area contributed by atoms with Crippen LogP contribution in [-0.2, 0) is 6.54 Å². The van der Waals surface area contributed by atoms with Gasteiger partial charge in [-0.25, -0.2) is 9.07 Å². The third kappa shape index (κ3) is 2.65. The summed E-state index contributed by atoms with van der Waals surface area (Å²) in [6.45, 7) is 3.48. The number of nitrogens with zero attached hydrogens (tertiary/aromatic N) is 4. The minimum Gasteiger partial charge on any atom is -0.389 e. The molecule has 1 aromatic carbocycles. The number of benzene rings is 1. The molecule has 0 atom stereocenters. The van der Waals surface area contributed by atoms with E-state index in [0.717, 1.165) is 0 Å². The molecule has 1 aromatic heterocycles. The lowest BCUT2D eigenvalue weighted by atomic mass is 10.1. The van der Waals surface area contributed by atoms with Crippen LogP contribution in [0.25, 0.3) is 11.4 Å². The van der Waals surface area contributed by atoms with Crippen molar-refractivity contribution in [2.75, 3.05) is 0 Å². The summed E-state index contributed by atoms with van der Waals surface area (Å²) in [6.07, 6.45) is 0. The molecular formula is C11H13FN4O. The number of tetrazole rings is 1. The van der Waals surface area contributed by atoms with Crippen molar-refractivity contribution in [3.8, 4) is 11.4 Å². The standard InChI is InChI=1S/C11H13FN4O/c1-11(2,17)7-16-10(13-14-15-16)8-5-3-4-6-9(8)12/h3-6,17H,7H2,1-2H3. The van der Waals surface area contributed by atoms with E-state index in [-0.39, 0.29) is 12.4 Å². The van der Waals surface area contributed by atoms with Gasteiger partial charge in [-0.15, -0.1) is 5.10 Å². The molecule has 1 heterocycles. The molecular weight excluding hydrogens is 223 g/mol. The zero-order chi connectivity index (χ0) is 12.5. The van der Waals surface area contributed by atoms with E-state index in [1.54, 1.807) is 32.0 Å². The van der Waals surface area contributed by atoms with Gasteiger partial charge in [-0.05, 0) is 36.4 Å². The SMILES string of the molecule is CC(C)(O)Cn1nnnc1-c1ccccc1F. The highest BCUT2D eigenvalue weighted by Gasteiger charge is 2.19. The number of rotatable bonds is 3. The minimum absolute atomic E-state index is 0.198. The zero-order valence-corrected chi connectivity index (χ0v) is 9.63. The fraction of sp³-hybridized carbons (Fsp3) is 0.364. The summed E-state index contributed by atoms with van der Waals surface area (Å²) in [4.78, 5) is 0. The molecule has 0 amide bonds. The molecule has 1 N–H and O–H groups in total. The molecule has 0 fully saturated rings. The summed E-state index contributed by atoms with van der Waals surface area (Å²) in [6, 6.07) is 6.25. The molecule has 17 heavy (non-hydrogen) atoms. The molecule has 0 saturated heterocycles. The van der Waals surface area contributed by atoms with Gasteiger partial charge in [0.15, 0.2) is 5.82 Å². The van der Waals surface area contributed by atoms with Gasteiger partial charge in [0, 0.05) is 0 Å². The molecule has 2 aromatic rings. The third-order valence-corrected chi connectivity index (χ3v) is 2.18. The number of halogens is 1. The van der Waals surface area contributed by atoms with Crippen LogP contribution >= 0.6 is 0 Å². The second-order valence-electron chi connectivity index (χ2n) is 4.45. The van der Waals surface area contributed by atoms with E-state index in [1.165, 1.54) is 10.7 Å². The Morgan fingerprint density at radius 3 is 2.71 bits per heavy atom. The summed E-state index contributed by atoms with van der Waals surface area (Å²) < 4.78 is 15.0. The van der Waals surface area contributed by atoms with E-state index < -0.39 is 5.60 Å². The monoisotopic (exact) mass is 236 g/mol. The smallest absolute Gasteiger partial charge is 0.185 e. The van der Waals surface area contributed by atoms with E-state index in [2.05, 4.69) is 15.5 Å². The fourth-order valence-electron chi connectivity index (χ4n) is 1.51. The van der Waals surface area contributed by atoms with Crippen LogP contribution in [0.2, 0.25) is 0 Å². The number of aliphatic hydroxyl groups is 1. The Kier molecular flexibility index (Phi) is 2.89. The highest BCUT2D eigenvalue weighted by Crippen LogP contribution is 2.20. The molecule has 0 saturated carbocycles. The Hall–Kier alpha value is -1.82. The summed E-state index contributed by atoms with van der Waals surface area (Å²) in [5.41, 5.74) is -0.642. The van der Waals surface area contributed by atoms with Gasteiger partial charge in [-0.1, -0.05) is 12.1 Å². The largest absolute Gasteiger partial charge is 0.389 e. The summed E-state index contributed by atoms with van der Waals surface area (Å²) in [5, 5.41) is 20.8. The summed E-state index contributed by atoms with van der Waals surface area (Å²) in [7, 11) is 0. The van der Waals surface area contributed by atoms with Crippen LogP contribution in [0.4, 0.5) is 4.39 Å². The molecule has 0 aliphatic heterocycles. The first-order valence-electron chi connectivity index (χ1n) is 5.21. The lowest BCUT2D eigenvalue weighted by Gasteiger charge is -2.17. The Morgan fingerprint density at radius 2 is 2.06 bits per heavy atom. The molecule has 0 bridgehead atoms. The lowest BCUT2D eigenvalue weighted by molar-refractivity contribution is 0.0576. The van der Waals surface area contributed by atoms with Gasteiger partial charge in [0.1, 0.15) is 5.82 Å². The number of hydrogen-bond acceptors (Lipinski definition) is 4. The van der Waals surface area contributed by atoms with Gasteiger partial charge in [0.2, 0.25) is 0 Å². The third-order valence-electron chi connectivity index (χ3n) is 2.18. The lowest BCUT2D eigenvalue weighted by Crippen LogP contribution is -2.27. The number of aromatic nitrogens is 4. The van der Waals surface area contributed by atoms with Gasteiger partial charge >= 0.3 is 0 Å². The summed E-state index contributed by atoms with van der Waals surface area (Å²) in [5.74, 6) is -0.0791. The van der Waals surface area contributed by atoms with Gasteiger partial charge in [-0.3, -0.25) is 0 Å². The van der Waals surface area contributed by atoms with Gasteiger partial charge in [0.25, 0.3) is 0 Å². The van der Waals surface area contributed by atoms with Gasteiger partial charge in [-0.2, -0.15) is 0 Å². The van der Waals surface area contributed by atoms with E-state index in [0.29, 0.717) is 11.4 Å². The van der Waals surface area contributed by atoms with Crippen molar-refractivity contribution < 1.29 is 9.50 Å². The first-order valence-corrected chi connectivity index (χ1v) is 5.21. The Labute approximate surface area is 97.9 Å². The molecule has 0 aliphatic carbocycles. The normalized spacial score (nSPS) is 11.8. The van der Waals surface area contributed by atoms with E-state index in [1.807, 2.05) is 0 Å². The molecule has 5 nitrogen and oxygen atoms in total.